The molecule has 2 unspecified atom stereocenters. The number of ether oxygens (including phenoxy) is 1. The minimum Gasteiger partial charge on any atom is -0.444 e. The molecule has 0 bridgehead atoms. The van der Waals surface area contributed by atoms with E-state index in [1.165, 1.54) is 19.3 Å². The molecule has 0 saturated heterocycles. The van der Waals surface area contributed by atoms with Gasteiger partial charge in [-0.05, 0) is 58.8 Å². The van der Waals surface area contributed by atoms with Crippen LogP contribution < -0.4 is 10.6 Å². The summed E-state index contributed by atoms with van der Waals surface area (Å²) in [5.41, 5.74) is -0.411. The van der Waals surface area contributed by atoms with Crippen molar-refractivity contribution < 1.29 is 9.53 Å². The summed E-state index contributed by atoms with van der Waals surface area (Å²) in [7, 11) is 0. The van der Waals surface area contributed by atoms with Crippen molar-refractivity contribution in [2.45, 2.75) is 83.5 Å². The molecule has 4 heteroatoms. The number of alkyl carbamates (subject to hydrolysis) is 1. The molecule has 2 aliphatic rings. The zero-order chi connectivity index (χ0) is 14.0. The highest BCUT2D eigenvalue weighted by atomic mass is 16.6. The summed E-state index contributed by atoms with van der Waals surface area (Å²) < 4.78 is 5.26. The number of carbonyl (C=O) groups excluding carboxylic acids is 1. The van der Waals surface area contributed by atoms with E-state index >= 15 is 0 Å². The maximum Gasteiger partial charge on any atom is 0.407 e. The number of hydrogen-bond donors (Lipinski definition) is 2. The van der Waals surface area contributed by atoms with Crippen molar-refractivity contribution in [2.24, 2.45) is 5.92 Å². The van der Waals surface area contributed by atoms with Gasteiger partial charge in [0.1, 0.15) is 5.60 Å². The predicted molar refractivity (Wildman–Crippen MR) is 76.1 cm³/mol. The number of rotatable bonds is 3. The molecule has 2 fully saturated rings. The van der Waals surface area contributed by atoms with Crippen LogP contribution in [0.3, 0.4) is 0 Å². The van der Waals surface area contributed by atoms with E-state index in [2.05, 4.69) is 17.6 Å². The highest BCUT2D eigenvalue weighted by Gasteiger charge is 2.34. The van der Waals surface area contributed by atoms with E-state index < -0.39 is 5.60 Å². The quantitative estimate of drug-likeness (QED) is 0.827. The topological polar surface area (TPSA) is 50.4 Å². The fraction of sp³-hybridized carbons (Fsp3) is 0.933. The number of hydrogen-bond acceptors (Lipinski definition) is 3. The van der Waals surface area contributed by atoms with Crippen LogP contribution in [0.1, 0.15) is 59.8 Å². The number of amides is 1. The molecule has 110 valence electrons. The lowest BCUT2D eigenvalue weighted by Crippen LogP contribution is -2.54. The monoisotopic (exact) mass is 268 g/mol. The Balaban J connectivity index is 1.60. The molecule has 0 spiro atoms. The Morgan fingerprint density at radius 1 is 1.05 bits per heavy atom. The van der Waals surface area contributed by atoms with Crippen molar-refractivity contribution in [2.75, 3.05) is 0 Å². The fourth-order valence-electron chi connectivity index (χ4n) is 3.04. The van der Waals surface area contributed by atoms with E-state index in [0.717, 1.165) is 18.8 Å². The third kappa shape index (κ3) is 4.68. The largest absolute Gasteiger partial charge is 0.444 e. The lowest BCUT2D eigenvalue weighted by atomic mass is 9.86. The van der Waals surface area contributed by atoms with E-state index in [1.54, 1.807) is 0 Å². The summed E-state index contributed by atoms with van der Waals surface area (Å²) in [6.45, 7) is 7.99. The van der Waals surface area contributed by atoms with Gasteiger partial charge in [-0.25, -0.2) is 4.79 Å². The van der Waals surface area contributed by atoms with Crippen molar-refractivity contribution in [3.8, 4) is 0 Å². The van der Waals surface area contributed by atoms with Crippen LogP contribution >= 0.6 is 0 Å². The van der Waals surface area contributed by atoms with E-state index in [-0.39, 0.29) is 12.1 Å². The molecule has 0 heterocycles. The number of carbonyl (C=O) groups is 1. The average Bonchev–Trinajstić information content (AvgIpc) is 2.58. The van der Waals surface area contributed by atoms with Crippen molar-refractivity contribution >= 4 is 6.09 Å². The number of nitrogens with one attached hydrogen (secondary N) is 2. The standard InChI is InChI=1S/C15H28N2O2/c1-10-5-6-11(7-10)16-12-8-13(9-12)17-14(18)19-15(2,3)4/h10-13,16H,5-9H2,1-4H3,(H,17,18). The van der Waals surface area contributed by atoms with Crippen molar-refractivity contribution in [1.82, 2.24) is 10.6 Å². The van der Waals surface area contributed by atoms with Gasteiger partial charge in [0.05, 0.1) is 0 Å². The van der Waals surface area contributed by atoms with Crippen LogP contribution in [-0.4, -0.2) is 29.8 Å². The molecule has 2 N–H and O–H groups in total. The molecular formula is C15H28N2O2. The van der Waals surface area contributed by atoms with Crippen LogP contribution in [0, 0.1) is 5.92 Å². The van der Waals surface area contributed by atoms with Gasteiger partial charge < -0.3 is 15.4 Å². The van der Waals surface area contributed by atoms with Gasteiger partial charge in [0.2, 0.25) is 0 Å². The zero-order valence-corrected chi connectivity index (χ0v) is 12.7. The molecular weight excluding hydrogens is 240 g/mol. The second-order valence-electron chi connectivity index (χ2n) is 7.29. The molecule has 0 aliphatic heterocycles. The third-order valence-corrected chi connectivity index (χ3v) is 4.03. The summed E-state index contributed by atoms with van der Waals surface area (Å²) >= 11 is 0. The van der Waals surface area contributed by atoms with Crippen molar-refractivity contribution in [1.29, 1.82) is 0 Å². The highest BCUT2D eigenvalue weighted by molar-refractivity contribution is 5.68. The predicted octanol–water partition coefficient (Wildman–Crippen LogP) is 2.82. The first kappa shape index (κ1) is 14.6. The van der Waals surface area contributed by atoms with Gasteiger partial charge >= 0.3 is 6.09 Å². The first-order valence-electron chi connectivity index (χ1n) is 7.57. The molecule has 2 rings (SSSR count). The first-order valence-corrected chi connectivity index (χ1v) is 7.57. The average molecular weight is 268 g/mol. The lowest BCUT2D eigenvalue weighted by Gasteiger charge is -2.38. The molecule has 2 saturated carbocycles. The van der Waals surface area contributed by atoms with E-state index in [9.17, 15) is 4.79 Å². The Kier molecular flexibility index (Phi) is 4.39. The minimum absolute atomic E-state index is 0.283. The van der Waals surface area contributed by atoms with Crippen LogP contribution in [0.15, 0.2) is 0 Å². The van der Waals surface area contributed by atoms with Crippen LogP contribution in [0.5, 0.6) is 0 Å². The fourth-order valence-corrected chi connectivity index (χ4v) is 3.04. The van der Waals surface area contributed by atoms with Crippen LogP contribution in [0.4, 0.5) is 4.79 Å². The summed E-state index contributed by atoms with van der Waals surface area (Å²) in [6, 6.07) is 1.56. The van der Waals surface area contributed by atoms with Crippen molar-refractivity contribution in [3.63, 3.8) is 0 Å². The molecule has 2 aliphatic carbocycles. The molecule has 1 amide bonds. The van der Waals surface area contributed by atoms with Gasteiger partial charge in [-0.3, -0.25) is 0 Å². The second-order valence-corrected chi connectivity index (χ2v) is 7.29. The Morgan fingerprint density at radius 3 is 2.26 bits per heavy atom. The van der Waals surface area contributed by atoms with Gasteiger partial charge in [-0.2, -0.15) is 0 Å². The van der Waals surface area contributed by atoms with Crippen LogP contribution in [0.25, 0.3) is 0 Å². The van der Waals surface area contributed by atoms with E-state index in [1.807, 2.05) is 20.8 Å². The van der Waals surface area contributed by atoms with Crippen LogP contribution in [0.2, 0.25) is 0 Å². The Hall–Kier alpha value is -0.770. The molecule has 2 atom stereocenters. The Labute approximate surface area is 116 Å². The lowest BCUT2D eigenvalue weighted by molar-refractivity contribution is 0.0463. The second kappa shape index (κ2) is 5.70. The van der Waals surface area contributed by atoms with Gasteiger partial charge in [-0.1, -0.05) is 6.92 Å². The van der Waals surface area contributed by atoms with Gasteiger partial charge in [-0.15, -0.1) is 0 Å². The SMILES string of the molecule is CC1CCC(NC2CC(NC(=O)OC(C)(C)C)C2)C1. The third-order valence-electron chi connectivity index (χ3n) is 4.03. The Morgan fingerprint density at radius 2 is 1.74 bits per heavy atom. The normalized spacial score (nSPS) is 34.7. The van der Waals surface area contributed by atoms with Gasteiger partial charge in [0.25, 0.3) is 0 Å². The smallest absolute Gasteiger partial charge is 0.407 e. The first-order chi connectivity index (χ1) is 8.82. The highest BCUT2D eigenvalue weighted by Crippen LogP contribution is 2.28. The molecule has 19 heavy (non-hydrogen) atoms. The molecule has 0 radical (unpaired) electrons. The zero-order valence-electron chi connectivity index (χ0n) is 12.7. The maximum absolute atomic E-state index is 11.6. The maximum atomic E-state index is 11.6. The molecule has 0 aromatic carbocycles. The minimum atomic E-state index is -0.411. The van der Waals surface area contributed by atoms with Gasteiger partial charge in [0, 0.05) is 18.1 Å². The molecule has 0 aromatic rings. The summed E-state index contributed by atoms with van der Waals surface area (Å²) in [4.78, 5) is 11.6. The summed E-state index contributed by atoms with van der Waals surface area (Å²) in [5, 5.41) is 6.64. The summed E-state index contributed by atoms with van der Waals surface area (Å²) in [6.07, 6.45) is 5.74. The Bertz CT molecular complexity index is 319. The van der Waals surface area contributed by atoms with Crippen molar-refractivity contribution in [3.05, 3.63) is 0 Å². The van der Waals surface area contributed by atoms with Gasteiger partial charge in [0.15, 0.2) is 0 Å². The molecule has 4 nitrogen and oxygen atoms in total. The van der Waals surface area contributed by atoms with Crippen LogP contribution in [-0.2, 0) is 4.74 Å². The molecule has 0 aromatic heterocycles. The van der Waals surface area contributed by atoms with E-state index in [0.29, 0.717) is 12.1 Å². The summed E-state index contributed by atoms with van der Waals surface area (Å²) in [5.74, 6) is 0.869. The van der Waals surface area contributed by atoms with E-state index in [4.69, 9.17) is 4.74 Å².